The van der Waals surface area contributed by atoms with Gasteiger partial charge in [-0.05, 0) is 31.4 Å². The van der Waals surface area contributed by atoms with E-state index in [1.54, 1.807) is 26.0 Å². The number of benzene rings is 1. The van der Waals surface area contributed by atoms with Crippen LogP contribution in [0.5, 0.6) is 11.5 Å². The van der Waals surface area contributed by atoms with E-state index in [1.807, 2.05) is 31.4 Å². The van der Waals surface area contributed by atoms with Crippen LogP contribution in [0, 0.1) is 0 Å². The zero-order valence-electron chi connectivity index (χ0n) is 11.9. The zero-order valence-corrected chi connectivity index (χ0v) is 12.7. The molecule has 1 unspecified atom stereocenters. The second-order valence-corrected chi connectivity index (χ2v) is 5.13. The minimum absolute atomic E-state index is 0.0479. The molecule has 0 saturated carbocycles. The fourth-order valence-corrected chi connectivity index (χ4v) is 2.15. The standard InChI is InChI=1S/C14H21NO3S/c1-10(15-14(16)7-8-19-4)12-9-11(17-2)5-6-13(12)18-3/h5-6,9-10H,7-8H2,1-4H3,(H,15,16). The quantitative estimate of drug-likeness (QED) is 0.835. The molecule has 0 saturated heterocycles. The molecule has 5 heteroatoms. The van der Waals surface area contributed by atoms with Crippen molar-refractivity contribution in [2.45, 2.75) is 19.4 Å². The highest BCUT2D eigenvalue weighted by atomic mass is 32.2. The average Bonchev–Trinajstić information content (AvgIpc) is 2.44. The smallest absolute Gasteiger partial charge is 0.221 e. The molecule has 0 aliphatic carbocycles. The Balaban J connectivity index is 2.79. The van der Waals surface area contributed by atoms with Crippen LogP contribution < -0.4 is 14.8 Å². The first-order valence-electron chi connectivity index (χ1n) is 6.12. The van der Waals surface area contributed by atoms with E-state index in [-0.39, 0.29) is 11.9 Å². The molecular formula is C14H21NO3S. The van der Waals surface area contributed by atoms with Crippen molar-refractivity contribution in [3.05, 3.63) is 23.8 Å². The van der Waals surface area contributed by atoms with Crippen LogP contribution in [0.3, 0.4) is 0 Å². The Morgan fingerprint density at radius 2 is 2.11 bits per heavy atom. The van der Waals surface area contributed by atoms with Gasteiger partial charge in [-0.2, -0.15) is 11.8 Å². The van der Waals surface area contributed by atoms with Gasteiger partial charge in [-0.25, -0.2) is 0 Å². The van der Waals surface area contributed by atoms with E-state index in [4.69, 9.17) is 9.47 Å². The summed E-state index contributed by atoms with van der Waals surface area (Å²) in [4.78, 5) is 11.7. The molecule has 1 atom stereocenters. The third-order valence-electron chi connectivity index (χ3n) is 2.81. The van der Waals surface area contributed by atoms with Crippen LogP contribution in [0.1, 0.15) is 24.9 Å². The number of rotatable bonds is 7. The molecule has 0 aliphatic rings. The first-order valence-corrected chi connectivity index (χ1v) is 7.52. The summed E-state index contributed by atoms with van der Waals surface area (Å²) in [6.45, 7) is 1.94. The van der Waals surface area contributed by atoms with Crippen molar-refractivity contribution < 1.29 is 14.3 Å². The molecule has 1 amide bonds. The summed E-state index contributed by atoms with van der Waals surface area (Å²) in [6.07, 6.45) is 2.51. The van der Waals surface area contributed by atoms with Crippen LogP contribution in [-0.4, -0.2) is 32.1 Å². The lowest BCUT2D eigenvalue weighted by atomic mass is 10.1. The molecule has 0 spiro atoms. The number of carbonyl (C=O) groups is 1. The molecular weight excluding hydrogens is 262 g/mol. The molecule has 0 aromatic heterocycles. The predicted molar refractivity (Wildman–Crippen MR) is 79.1 cm³/mol. The summed E-state index contributed by atoms with van der Waals surface area (Å²) in [5.41, 5.74) is 0.916. The Bertz CT molecular complexity index is 423. The summed E-state index contributed by atoms with van der Waals surface area (Å²) in [6, 6.07) is 5.46. The summed E-state index contributed by atoms with van der Waals surface area (Å²) in [5.74, 6) is 2.37. The van der Waals surface area contributed by atoms with Crippen molar-refractivity contribution in [2.75, 3.05) is 26.2 Å². The molecule has 0 radical (unpaired) electrons. The SMILES string of the molecule is COc1ccc(OC)c(C(C)NC(=O)CCSC)c1. The van der Waals surface area contributed by atoms with Gasteiger partial charge >= 0.3 is 0 Å². The molecule has 0 fully saturated rings. The molecule has 106 valence electrons. The van der Waals surface area contributed by atoms with Crippen LogP contribution in [0.4, 0.5) is 0 Å². The predicted octanol–water partition coefficient (Wildman–Crippen LogP) is 2.63. The van der Waals surface area contributed by atoms with Crippen LogP contribution in [0.15, 0.2) is 18.2 Å². The first-order chi connectivity index (χ1) is 9.12. The second kappa shape index (κ2) is 7.94. The van der Waals surface area contributed by atoms with Gasteiger partial charge in [0.1, 0.15) is 11.5 Å². The van der Waals surface area contributed by atoms with Crippen LogP contribution in [0.2, 0.25) is 0 Å². The highest BCUT2D eigenvalue weighted by Crippen LogP contribution is 2.29. The lowest BCUT2D eigenvalue weighted by Gasteiger charge is -2.18. The third kappa shape index (κ3) is 4.67. The van der Waals surface area contributed by atoms with E-state index in [1.165, 1.54) is 0 Å². The number of hydrogen-bond donors (Lipinski definition) is 1. The Morgan fingerprint density at radius 3 is 2.68 bits per heavy atom. The number of thioether (sulfide) groups is 1. The van der Waals surface area contributed by atoms with Crippen molar-refractivity contribution in [1.82, 2.24) is 5.32 Å². The third-order valence-corrected chi connectivity index (χ3v) is 3.43. The Labute approximate surface area is 118 Å². The molecule has 1 rings (SSSR count). The van der Waals surface area contributed by atoms with Gasteiger partial charge in [0.2, 0.25) is 5.91 Å². The van der Waals surface area contributed by atoms with Crippen LogP contribution >= 0.6 is 11.8 Å². The molecule has 19 heavy (non-hydrogen) atoms. The Kier molecular flexibility index (Phi) is 6.56. The molecule has 4 nitrogen and oxygen atoms in total. The van der Waals surface area contributed by atoms with E-state index in [0.29, 0.717) is 6.42 Å². The van der Waals surface area contributed by atoms with Crippen molar-refractivity contribution in [3.63, 3.8) is 0 Å². The minimum Gasteiger partial charge on any atom is -0.497 e. The molecule has 1 aromatic rings. The molecule has 1 aromatic carbocycles. The minimum atomic E-state index is -0.112. The van der Waals surface area contributed by atoms with Crippen molar-refractivity contribution in [3.8, 4) is 11.5 Å². The van der Waals surface area contributed by atoms with E-state index in [9.17, 15) is 4.79 Å². The van der Waals surface area contributed by atoms with Gasteiger partial charge in [0.25, 0.3) is 0 Å². The van der Waals surface area contributed by atoms with Gasteiger partial charge in [-0.1, -0.05) is 0 Å². The number of amides is 1. The molecule has 1 N–H and O–H groups in total. The van der Waals surface area contributed by atoms with E-state index >= 15 is 0 Å². The van der Waals surface area contributed by atoms with E-state index < -0.39 is 0 Å². The number of methoxy groups -OCH3 is 2. The summed E-state index contributed by atoms with van der Waals surface area (Å²) in [7, 11) is 3.24. The fraction of sp³-hybridized carbons (Fsp3) is 0.500. The monoisotopic (exact) mass is 283 g/mol. The van der Waals surface area contributed by atoms with Crippen molar-refractivity contribution in [2.24, 2.45) is 0 Å². The largest absolute Gasteiger partial charge is 0.497 e. The Morgan fingerprint density at radius 1 is 1.37 bits per heavy atom. The maximum atomic E-state index is 11.7. The van der Waals surface area contributed by atoms with Crippen LogP contribution in [-0.2, 0) is 4.79 Å². The van der Waals surface area contributed by atoms with Crippen molar-refractivity contribution in [1.29, 1.82) is 0 Å². The van der Waals surface area contributed by atoms with E-state index in [0.717, 1.165) is 22.8 Å². The van der Waals surface area contributed by atoms with Gasteiger partial charge in [0.05, 0.1) is 20.3 Å². The first kappa shape index (κ1) is 15.7. The summed E-state index contributed by atoms with van der Waals surface area (Å²) < 4.78 is 10.5. The highest BCUT2D eigenvalue weighted by molar-refractivity contribution is 7.98. The average molecular weight is 283 g/mol. The van der Waals surface area contributed by atoms with E-state index in [2.05, 4.69) is 5.32 Å². The highest BCUT2D eigenvalue weighted by Gasteiger charge is 2.14. The van der Waals surface area contributed by atoms with Gasteiger partial charge in [-0.3, -0.25) is 4.79 Å². The lowest BCUT2D eigenvalue weighted by molar-refractivity contribution is -0.121. The maximum absolute atomic E-state index is 11.7. The van der Waals surface area contributed by atoms with Crippen LogP contribution in [0.25, 0.3) is 0 Å². The maximum Gasteiger partial charge on any atom is 0.221 e. The summed E-state index contributed by atoms with van der Waals surface area (Å²) >= 11 is 1.66. The van der Waals surface area contributed by atoms with Gasteiger partial charge in [0, 0.05) is 17.7 Å². The normalized spacial score (nSPS) is 11.8. The fourth-order valence-electron chi connectivity index (χ4n) is 1.76. The summed E-state index contributed by atoms with van der Waals surface area (Å²) in [5, 5.41) is 2.97. The molecule has 0 bridgehead atoms. The number of hydrogen-bond acceptors (Lipinski definition) is 4. The molecule has 0 heterocycles. The Hall–Kier alpha value is -1.36. The molecule has 0 aliphatic heterocycles. The van der Waals surface area contributed by atoms with Gasteiger partial charge < -0.3 is 14.8 Å². The lowest BCUT2D eigenvalue weighted by Crippen LogP contribution is -2.27. The zero-order chi connectivity index (χ0) is 14.3. The van der Waals surface area contributed by atoms with Gasteiger partial charge in [0.15, 0.2) is 0 Å². The topological polar surface area (TPSA) is 47.6 Å². The second-order valence-electron chi connectivity index (χ2n) is 4.14. The number of nitrogens with one attached hydrogen (secondary N) is 1. The van der Waals surface area contributed by atoms with Crippen molar-refractivity contribution >= 4 is 17.7 Å². The number of carbonyl (C=O) groups excluding carboxylic acids is 1. The number of ether oxygens (including phenoxy) is 2. The van der Waals surface area contributed by atoms with Gasteiger partial charge in [-0.15, -0.1) is 0 Å².